The number of esters is 2. The monoisotopic (exact) mass is 1040 g/mol. The van der Waals surface area contributed by atoms with Crippen molar-refractivity contribution >= 4 is 59.3 Å². The first-order valence-electron chi connectivity index (χ1n) is 27.9. The number of hydrogen-bond acceptors (Lipinski definition) is 12. The molecule has 4 atom stereocenters. The van der Waals surface area contributed by atoms with E-state index in [-0.39, 0.29) is 36.9 Å². The van der Waals surface area contributed by atoms with Crippen molar-refractivity contribution in [1.29, 1.82) is 0 Å². The number of nitrogens with one attached hydrogen (secondary N) is 3. The number of carbonyl (C=O) groups is 8. The minimum Gasteiger partial charge on any atom is -0.481 e. The number of carbonyl (C=O) groups excluding carboxylic acids is 5. The Bertz CT molecular complexity index is 1470. The van der Waals surface area contributed by atoms with Crippen LogP contribution in [0, 0.1) is 0 Å². The number of carboxylic acids is 3. The van der Waals surface area contributed by atoms with Crippen LogP contribution >= 0.6 is 11.8 Å². The molecule has 0 saturated heterocycles. The number of aliphatic carboxylic acids is 3. The van der Waals surface area contributed by atoms with Gasteiger partial charge >= 0.3 is 29.8 Å². The van der Waals surface area contributed by atoms with Crippen LogP contribution in [0.1, 0.15) is 245 Å². The Kier molecular flexibility index (Phi) is 45.4. The summed E-state index contributed by atoms with van der Waals surface area (Å²) >= 11 is 1.20. The van der Waals surface area contributed by atoms with Gasteiger partial charge in [0, 0.05) is 37.2 Å². The van der Waals surface area contributed by atoms with E-state index in [1.54, 1.807) is 0 Å². The molecule has 0 aliphatic heterocycles. The Morgan fingerprint density at radius 3 is 1.26 bits per heavy atom. The highest BCUT2D eigenvalue weighted by Crippen LogP contribution is 2.17. The van der Waals surface area contributed by atoms with Crippen molar-refractivity contribution in [2.24, 2.45) is 5.73 Å². The molecule has 0 rings (SSSR count). The predicted octanol–water partition coefficient (Wildman–Crippen LogP) is 9.92. The molecular weight excluding hydrogens is 945 g/mol. The van der Waals surface area contributed by atoms with Gasteiger partial charge in [-0.05, 0) is 25.7 Å². The molecule has 0 unspecified atom stereocenters. The zero-order valence-corrected chi connectivity index (χ0v) is 45.3. The van der Waals surface area contributed by atoms with Crippen molar-refractivity contribution in [2.45, 2.75) is 269 Å². The van der Waals surface area contributed by atoms with Crippen molar-refractivity contribution in [3.8, 4) is 0 Å². The Hall–Kier alpha value is -3.93. The van der Waals surface area contributed by atoms with Crippen molar-refractivity contribution in [3.63, 3.8) is 0 Å². The van der Waals surface area contributed by atoms with Crippen LogP contribution in [0.4, 0.5) is 0 Å². The number of ether oxygens (including phenoxy) is 2. The molecule has 0 aromatic heterocycles. The molecule has 0 saturated carbocycles. The Morgan fingerprint density at radius 2 is 0.861 bits per heavy atom. The second kappa shape index (κ2) is 48.0. The molecule has 18 heteroatoms. The van der Waals surface area contributed by atoms with Crippen LogP contribution in [0.15, 0.2) is 0 Å². The van der Waals surface area contributed by atoms with Crippen LogP contribution in [0.2, 0.25) is 0 Å². The molecule has 0 spiro atoms. The molecule has 0 heterocycles. The van der Waals surface area contributed by atoms with Crippen molar-refractivity contribution in [2.75, 3.05) is 24.7 Å². The van der Waals surface area contributed by atoms with Gasteiger partial charge in [0.2, 0.25) is 17.7 Å². The smallest absolute Gasteiger partial charge is 0.326 e. The average molecular weight is 1040 g/mol. The van der Waals surface area contributed by atoms with Crippen molar-refractivity contribution in [1.82, 2.24) is 16.0 Å². The first-order chi connectivity index (χ1) is 34.7. The third-order valence-corrected chi connectivity index (χ3v) is 13.8. The zero-order valence-electron chi connectivity index (χ0n) is 44.5. The van der Waals surface area contributed by atoms with E-state index in [0.717, 1.165) is 38.5 Å². The molecular formula is C54H98N4O13S. The third-order valence-electron chi connectivity index (χ3n) is 12.6. The summed E-state index contributed by atoms with van der Waals surface area (Å²) in [6.45, 7) is 3.70. The molecule has 0 aliphatic rings. The van der Waals surface area contributed by atoms with E-state index in [1.807, 2.05) is 0 Å². The summed E-state index contributed by atoms with van der Waals surface area (Å²) < 4.78 is 11.3. The van der Waals surface area contributed by atoms with Gasteiger partial charge in [0.25, 0.3) is 0 Å². The summed E-state index contributed by atoms with van der Waals surface area (Å²) in [6, 6.07) is -4.23. The lowest BCUT2D eigenvalue weighted by Gasteiger charge is -2.21. The highest BCUT2D eigenvalue weighted by Gasteiger charge is 2.28. The van der Waals surface area contributed by atoms with Gasteiger partial charge in [-0.25, -0.2) is 4.79 Å². The number of thioether (sulfide) groups is 1. The van der Waals surface area contributed by atoms with E-state index in [0.29, 0.717) is 12.8 Å². The van der Waals surface area contributed by atoms with Crippen LogP contribution in [0.25, 0.3) is 0 Å². The molecule has 0 bridgehead atoms. The first kappa shape index (κ1) is 68.1. The quantitative estimate of drug-likeness (QED) is 0.0220. The third kappa shape index (κ3) is 43.6. The van der Waals surface area contributed by atoms with E-state index >= 15 is 0 Å². The number of unbranched alkanes of at least 4 members (excludes halogenated alkanes) is 28. The molecule has 8 N–H and O–H groups in total. The van der Waals surface area contributed by atoms with Crippen LogP contribution in [0.5, 0.6) is 0 Å². The fourth-order valence-corrected chi connectivity index (χ4v) is 9.15. The molecule has 0 aromatic rings. The van der Waals surface area contributed by atoms with Crippen LogP contribution in [-0.2, 0) is 47.8 Å². The van der Waals surface area contributed by atoms with Gasteiger partial charge in [0.1, 0.15) is 24.8 Å². The van der Waals surface area contributed by atoms with Crippen LogP contribution in [-0.4, -0.2) is 112 Å². The second-order valence-corrected chi connectivity index (χ2v) is 20.5. The van der Waals surface area contributed by atoms with Gasteiger partial charge in [-0.15, -0.1) is 0 Å². The van der Waals surface area contributed by atoms with E-state index in [9.17, 15) is 43.5 Å². The molecule has 0 fully saturated rings. The summed E-state index contributed by atoms with van der Waals surface area (Å²) in [5, 5.41) is 34.2. The summed E-state index contributed by atoms with van der Waals surface area (Å²) in [5.74, 6) is -7.27. The molecule has 17 nitrogen and oxygen atoms in total. The molecule has 0 radical (unpaired) electrons. The molecule has 0 aliphatic carbocycles. The fraction of sp³-hybridized carbons (Fsp3) is 0.852. The van der Waals surface area contributed by atoms with E-state index in [1.165, 1.54) is 153 Å². The largest absolute Gasteiger partial charge is 0.481 e. The number of hydrogen-bond donors (Lipinski definition) is 7. The second-order valence-electron chi connectivity index (χ2n) is 19.4. The van der Waals surface area contributed by atoms with E-state index in [2.05, 4.69) is 29.8 Å². The summed E-state index contributed by atoms with van der Waals surface area (Å²) in [7, 11) is 0. The van der Waals surface area contributed by atoms with Gasteiger partial charge in [-0.3, -0.25) is 33.6 Å². The normalized spacial score (nSPS) is 12.8. The average Bonchev–Trinajstić information content (AvgIpc) is 3.34. The van der Waals surface area contributed by atoms with Crippen molar-refractivity contribution < 1.29 is 63.1 Å². The van der Waals surface area contributed by atoms with Crippen molar-refractivity contribution in [3.05, 3.63) is 0 Å². The Labute approximate surface area is 436 Å². The standard InChI is InChI=1S/C54H98N4O13S/c1-3-5-7-9-11-13-15-17-19-21-23-25-27-29-31-33-50(64)70-40-43(71-51(65)34-32-30-28-26-24-22-20-18-16-14-12-10-8-6-4-2)41-72-42-44(55)52(66)56-39-47(59)57-45(35-37-48(60)61)53(67)58-46(54(68)69)36-38-49(62)63/h43-46H,3-42,55H2,1-2H3,(H,56,66)(H,57,59)(H,58,67)(H,60,61)(H,62,63)(H,68,69)/t43-,44+,45+,46+/m1/s1. The highest BCUT2D eigenvalue weighted by molar-refractivity contribution is 7.99. The maximum absolute atomic E-state index is 12.9. The lowest BCUT2D eigenvalue weighted by molar-refractivity contribution is -0.157. The SMILES string of the molecule is CCCCCCCCCCCCCCCCCC(=O)OC[C@H](CSC[C@H](N)C(=O)NCC(=O)N[C@@H](CCC(=O)O)C(=O)N[C@@H](CCC(=O)O)C(=O)O)OC(=O)CCCCCCCCCCCCCCCCC. The molecule has 72 heavy (non-hydrogen) atoms. The molecule has 0 aromatic carbocycles. The number of amides is 3. The van der Waals surface area contributed by atoms with Gasteiger partial charge in [-0.2, -0.15) is 11.8 Å². The van der Waals surface area contributed by atoms with Gasteiger partial charge < -0.3 is 46.5 Å². The minimum atomic E-state index is -1.61. The molecule has 418 valence electrons. The van der Waals surface area contributed by atoms with Crippen LogP contribution in [0.3, 0.4) is 0 Å². The van der Waals surface area contributed by atoms with Gasteiger partial charge in [0.05, 0.1) is 12.6 Å². The summed E-state index contributed by atoms with van der Waals surface area (Å²) in [5.41, 5.74) is 6.11. The summed E-state index contributed by atoms with van der Waals surface area (Å²) in [6.07, 6.45) is 34.2. The van der Waals surface area contributed by atoms with E-state index < -0.39 is 98.1 Å². The number of nitrogens with two attached hydrogens (primary N) is 1. The highest BCUT2D eigenvalue weighted by atomic mass is 32.2. The van der Waals surface area contributed by atoms with E-state index in [4.69, 9.17) is 25.4 Å². The number of carboxylic acid groups (broad SMARTS) is 3. The first-order valence-corrected chi connectivity index (χ1v) is 29.1. The fourth-order valence-electron chi connectivity index (χ4n) is 8.18. The van der Waals surface area contributed by atoms with Gasteiger partial charge in [-0.1, -0.05) is 194 Å². The lowest BCUT2D eigenvalue weighted by Crippen LogP contribution is -2.54. The zero-order chi connectivity index (χ0) is 53.5. The minimum absolute atomic E-state index is 0.0458. The van der Waals surface area contributed by atoms with Gasteiger partial charge in [0.15, 0.2) is 0 Å². The predicted molar refractivity (Wildman–Crippen MR) is 283 cm³/mol. The number of rotatable bonds is 52. The topological polar surface area (TPSA) is 278 Å². The summed E-state index contributed by atoms with van der Waals surface area (Å²) in [4.78, 5) is 97.8. The molecule has 3 amide bonds. The maximum Gasteiger partial charge on any atom is 0.326 e. The Balaban J connectivity index is 4.96. The van der Waals surface area contributed by atoms with Crippen LogP contribution < -0.4 is 21.7 Å². The maximum atomic E-state index is 12.9. The Morgan fingerprint density at radius 1 is 0.472 bits per heavy atom. The lowest BCUT2D eigenvalue weighted by atomic mass is 10.0.